The van der Waals surface area contributed by atoms with E-state index in [-0.39, 0.29) is 5.82 Å². The Morgan fingerprint density at radius 3 is 2.40 bits per heavy atom. The number of carbonyl (C=O) groups excluding carboxylic acids is 1. The standard InChI is InChI=1S/C18H14Cl2N4O/c19-14-2-1-3-15(20)13(14)8-23-18-17(21)22-9-16(24-18)12-6-4-11(10-25)5-7-12/h1-7,9-10H,8H2,(H2,21,22)(H,23,24). The lowest BCUT2D eigenvalue weighted by Gasteiger charge is -2.12. The van der Waals surface area contributed by atoms with Gasteiger partial charge >= 0.3 is 0 Å². The number of nitrogens with zero attached hydrogens (tertiary/aromatic N) is 2. The maximum atomic E-state index is 10.8. The summed E-state index contributed by atoms with van der Waals surface area (Å²) >= 11 is 12.3. The van der Waals surface area contributed by atoms with Crippen molar-refractivity contribution in [2.75, 3.05) is 11.1 Å². The van der Waals surface area contributed by atoms with Crippen LogP contribution < -0.4 is 11.1 Å². The first-order valence-corrected chi connectivity index (χ1v) is 8.19. The Labute approximate surface area is 154 Å². The molecule has 7 heteroatoms. The minimum Gasteiger partial charge on any atom is -0.381 e. The second-order valence-corrected chi connectivity index (χ2v) is 6.10. The fraction of sp³-hybridized carbons (Fsp3) is 0.0556. The molecule has 0 bridgehead atoms. The minimum atomic E-state index is 0.274. The van der Waals surface area contributed by atoms with Crippen LogP contribution in [0.2, 0.25) is 10.0 Å². The Morgan fingerprint density at radius 2 is 1.76 bits per heavy atom. The average molecular weight is 373 g/mol. The van der Waals surface area contributed by atoms with Crippen molar-refractivity contribution in [2.24, 2.45) is 0 Å². The van der Waals surface area contributed by atoms with Gasteiger partial charge in [0.2, 0.25) is 0 Å². The first-order chi connectivity index (χ1) is 12.1. The number of rotatable bonds is 5. The molecule has 1 heterocycles. The molecule has 2 aromatic carbocycles. The van der Waals surface area contributed by atoms with Gasteiger partial charge in [0.15, 0.2) is 11.6 Å². The lowest BCUT2D eigenvalue weighted by Crippen LogP contribution is -2.07. The van der Waals surface area contributed by atoms with Crippen molar-refractivity contribution >= 4 is 41.1 Å². The van der Waals surface area contributed by atoms with Crippen molar-refractivity contribution in [3.8, 4) is 11.3 Å². The number of nitrogens with one attached hydrogen (secondary N) is 1. The highest BCUT2D eigenvalue weighted by Crippen LogP contribution is 2.26. The van der Waals surface area contributed by atoms with E-state index < -0.39 is 0 Å². The minimum absolute atomic E-state index is 0.274. The van der Waals surface area contributed by atoms with E-state index in [4.69, 9.17) is 28.9 Å². The van der Waals surface area contributed by atoms with Gasteiger partial charge in [-0.15, -0.1) is 0 Å². The highest BCUT2D eigenvalue weighted by molar-refractivity contribution is 6.36. The fourth-order valence-electron chi connectivity index (χ4n) is 2.27. The van der Waals surface area contributed by atoms with Gasteiger partial charge in [0, 0.05) is 33.3 Å². The molecule has 5 nitrogen and oxygen atoms in total. The molecule has 0 spiro atoms. The van der Waals surface area contributed by atoms with E-state index in [0.29, 0.717) is 33.7 Å². The summed E-state index contributed by atoms with van der Waals surface area (Å²) < 4.78 is 0. The number of benzene rings is 2. The number of hydrogen-bond donors (Lipinski definition) is 2. The first-order valence-electron chi connectivity index (χ1n) is 7.43. The van der Waals surface area contributed by atoms with Crippen molar-refractivity contribution < 1.29 is 4.79 Å². The van der Waals surface area contributed by atoms with Gasteiger partial charge in [-0.05, 0) is 12.1 Å². The first kappa shape index (κ1) is 17.2. The van der Waals surface area contributed by atoms with Crippen LogP contribution in [0.15, 0.2) is 48.7 Å². The Bertz CT molecular complexity index is 893. The molecule has 0 radical (unpaired) electrons. The molecule has 0 saturated carbocycles. The molecule has 0 saturated heterocycles. The van der Waals surface area contributed by atoms with Crippen LogP contribution in [-0.4, -0.2) is 16.3 Å². The molecule has 25 heavy (non-hydrogen) atoms. The molecule has 126 valence electrons. The molecular weight excluding hydrogens is 359 g/mol. The van der Waals surface area contributed by atoms with Crippen LogP contribution in [-0.2, 0) is 6.54 Å². The predicted octanol–water partition coefficient (Wildman–Crippen LogP) is 4.46. The van der Waals surface area contributed by atoms with Crippen LogP contribution in [0, 0.1) is 0 Å². The van der Waals surface area contributed by atoms with Gasteiger partial charge in [0.25, 0.3) is 0 Å². The summed E-state index contributed by atoms with van der Waals surface area (Å²) in [4.78, 5) is 19.4. The van der Waals surface area contributed by atoms with Crippen LogP contribution in [0.4, 0.5) is 11.6 Å². The van der Waals surface area contributed by atoms with Crippen LogP contribution in [0.3, 0.4) is 0 Å². The van der Waals surface area contributed by atoms with Gasteiger partial charge in [-0.1, -0.05) is 53.5 Å². The van der Waals surface area contributed by atoms with E-state index in [0.717, 1.165) is 17.4 Å². The van der Waals surface area contributed by atoms with Gasteiger partial charge in [-0.25, -0.2) is 9.97 Å². The molecule has 0 atom stereocenters. The summed E-state index contributed by atoms with van der Waals surface area (Å²) in [5, 5.41) is 4.24. The van der Waals surface area contributed by atoms with Crippen LogP contribution in [0.5, 0.6) is 0 Å². The number of nitrogen functional groups attached to an aromatic ring is 1. The lowest BCUT2D eigenvalue weighted by atomic mass is 10.1. The number of hydrogen-bond acceptors (Lipinski definition) is 5. The summed E-state index contributed by atoms with van der Waals surface area (Å²) in [5.41, 5.74) is 8.73. The SMILES string of the molecule is Nc1ncc(-c2ccc(C=O)cc2)nc1NCc1c(Cl)cccc1Cl. The second-order valence-electron chi connectivity index (χ2n) is 5.28. The third-order valence-electron chi connectivity index (χ3n) is 3.64. The Kier molecular flexibility index (Phi) is 5.16. The molecule has 0 amide bonds. The van der Waals surface area contributed by atoms with E-state index >= 15 is 0 Å². The van der Waals surface area contributed by atoms with E-state index in [1.165, 1.54) is 0 Å². The third-order valence-corrected chi connectivity index (χ3v) is 4.35. The van der Waals surface area contributed by atoms with Crippen molar-refractivity contribution in [3.63, 3.8) is 0 Å². The van der Waals surface area contributed by atoms with Crippen molar-refractivity contribution in [1.29, 1.82) is 0 Å². The molecule has 0 aliphatic carbocycles. The van der Waals surface area contributed by atoms with Crippen LogP contribution in [0.25, 0.3) is 11.3 Å². The number of carbonyl (C=O) groups is 1. The van der Waals surface area contributed by atoms with E-state index in [9.17, 15) is 4.79 Å². The van der Waals surface area contributed by atoms with Gasteiger partial charge in [0.05, 0.1) is 11.9 Å². The number of aromatic nitrogens is 2. The molecule has 3 N–H and O–H groups in total. The number of anilines is 2. The maximum Gasteiger partial charge on any atom is 0.169 e. The zero-order chi connectivity index (χ0) is 17.8. The van der Waals surface area contributed by atoms with E-state index in [1.54, 1.807) is 48.7 Å². The average Bonchev–Trinajstić information content (AvgIpc) is 2.63. The Balaban J connectivity index is 1.85. The molecule has 0 aliphatic rings. The summed E-state index contributed by atoms with van der Waals surface area (Å²) in [7, 11) is 0. The fourth-order valence-corrected chi connectivity index (χ4v) is 2.80. The second kappa shape index (κ2) is 7.51. The van der Waals surface area contributed by atoms with Crippen molar-refractivity contribution in [3.05, 3.63) is 69.8 Å². The van der Waals surface area contributed by atoms with E-state index in [1.807, 2.05) is 0 Å². The molecular formula is C18H14Cl2N4O. The smallest absolute Gasteiger partial charge is 0.169 e. The highest BCUT2D eigenvalue weighted by atomic mass is 35.5. The number of halogens is 2. The summed E-state index contributed by atoms with van der Waals surface area (Å²) in [6.45, 7) is 0.366. The van der Waals surface area contributed by atoms with Gasteiger partial charge < -0.3 is 11.1 Å². The maximum absolute atomic E-state index is 10.8. The summed E-state index contributed by atoms with van der Waals surface area (Å²) in [6.07, 6.45) is 2.37. The monoisotopic (exact) mass is 372 g/mol. The quantitative estimate of drug-likeness (QED) is 0.646. The number of nitrogens with two attached hydrogens (primary N) is 1. The van der Waals surface area contributed by atoms with Gasteiger partial charge in [0.1, 0.15) is 6.29 Å². The van der Waals surface area contributed by atoms with Crippen LogP contribution in [0.1, 0.15) is 15.9 Å². The third kappa shape index (κ3) is 3.90. The molecule has 0 unspecified atom stereocenters. The Morgan fingerprint density at radius 1 is 1.08 bits per heavy atom. The van der Waals surface area contributed by atoms with Gasteiger partial charge in [-0.2, -0.15) is 0 Å². The molecule has 0 fully saturated rings. The van der Waals surface area contributed by atoms with Crippen molar-refractivity contribution in [2.45, 2.75) is 6.54 Å². The van der Waals surface area contributed by atoms with E-state index in [2.05, 4.69) is 15.3 Å². The molecule has 3 aromatic rings. The summed E-state index contributed by atoms with van der Waals surface area (Å²) in [6, 6.07) is 12.4. The zero-order valence-electron chi connectivity index (χ0n) is 13.0. The topological polar surface area (TPSA) is 80.9 Å². The number of aldehydes is 1. The lowest BCUT2D eigenvalue weighted by molar-refractivity contribution is 0.112. The molecule has 1 aromatic heterocycles. The summed E-state index contributed by atoms with van der Waals surface area (Å²) in [5.74, 6) is 0.712. The Hall–Kier alpha value is -2.63. The molecule has 0 aliphatic heterocycles. The van der Waals surface area contributed by atoms with Crippen molar-refractivity contribution in [1.82, 2.24) is 9.97 Å². The zero-order valence-corrected chi connectivity index (χ0v) is 14.6. The molecule has 3 rings (SSSR count). The largest absolute Gasteiger partial charge is 0.381 e. The van der Waals surface area contributed by atoms with Crippen LogP contribution >= 0.6 is 23.2 Å². The highest BCUT2D eigenvalue weighted by Gasteiger charge is 2.10. The normalized spacial score (nSPS) is 10.5. The predicted molar refractivity (Wildman–Crippen MR) is 101 cm³/mol. The van der Waals surface area contributed by atoms with Gasteiger partial charge in [-0.3, -0.25) is 4.79 Å².